The molecule has 3 rings (SSSR count). The molecule has 1 aliphatic rings. The first-order valence-electron chi connectivity index (χ1n) is 7.34. The normalized spacial score (nSPS) is 18.0. The Morgan fingerprint density at radius 3 is 2.95 bits per heavy atom. The summed E-state index contributed by atoms with van der Waals surface area (Å²) < 4.78 is 7.60. The van der Waals surface area contributed by atoms with Crippen molar-refractivity contribution in [3.63, 3.8) is 0 Å². The number of aromatic nitrogens is 2. The summed E-state index contributed by atoms with van der Waals surface area (Å²) in [6.07, 6.45) is 8.67. The Kier molecular flexibility index (Phi) is 4.83. The summed E-state index contributed by atoms with van der Waals surface area (Å²) in [5.41, 5.74) is 2.33. The molecule has 0 saturated carbocycles. The molecule has 1 N–H and O–H groups in total. The number of anilines is 1. The number of thioether (sulfide) groups is 1. The molecule has 0 amide bonds. The highest BCUT2D eigenvalue weighted by Crippen LogP contribution is 2.17. The summed E-state index contributed by atoms with van der Waals surface area (Å²) >= 11 is 1.76. The summed E-state index contributed by atoms with van der Waals surface area (Å²) in [5, 5.41) is 7.80. The molecule has 112 valence electrons. The predicted molar refractivity (Wildman–Crippen MR) is 86.8 cm³/mol. The van der Waals surface area contributed by atoms with E-state index in [1.807, 2.05) is 10.9 Å². The number of benzene rings is 1. The maximum Gasteiger partial charge on any atom is 0.0771 e. The van der Waals surface area contributed by atoms with Gasteiger partial charge >= 0.3 is 0 Å². The fourth-order valence-electron chi connectivity index (χ4n) is 2.50. The van der Waals surface area contributed by atoms with E-state index in [2.05, 4.69) is 47.1 Å². The topological polar surface area (TPSA) is 39.1 Å². The molecule has 0 spiro atoms. The third-order valence-electron chi connectivity index (χ3n) is 3.70. The number of nitrogens with zero attached hydrogens (tertiary/aromatic N) is 2. The van der Waals surface area contributed by atoms with Crippen LogP contribution in [0.3, 0.4) is 0 Å². The largest absolute Gasteiger partial charge is 0.378 e. The van der Waals surface area contributed by atoms with Gasteiger partial charge in [-0.25, -0.2) is 0 Å². The average molecular weight is 303 g/mol. The lowest BCUT2D eigenvalue weighted by molar-refractivity contribution is 0.0940. The second kappa shape index (κ2) is 7.00. The quantitative estimate of drug-likeness (QED) is 0.830. The van der Waals surface area contributed by atoms with E-state index >= 15 is 0 Å². The first-order valence-corrected chi connectivity index (χ1v) is 8.57. The Balaban J connectivity index is 1.51. The molecule has 0 aliphatic carbocycles. The molecule has 1 unspecified atom stereocenters. The Morgan fingerprint density at radius 1 is 1.38 bits per heavy atom. The van der Waals surface area contributed by atoms with Crippen LogP contribution in [0.1, 0.15) is 18.4 Å². The van der Waals surface area contributed by atoms with Crippen molar-refractivity contribution in [3.05, 3.63) is 42.2 Å². The van der Waals surface area contributed by atoms with Gasteiger partial charge in [0, 0.05) is 24.2 Å². The molecular weight excluding hydrogens is 282 g/mol. The lowest BCUT2D eigenvalue weighted by Crippen LogP contribution is -2.15. The van der Waals surface area contributed by atoms with Crippen molar-refractivity contribution < 1.29 is 4.74 Å². The highest BCUT2D eigenvalue weighted by atomic mass is 32.2. The number of rotatable bonds is 6. The molecule has 1 aliphatic heterocycles. The second-order valence-corrected chi connectivity index (χ2v) is 6.17. The summed E-state index contributed by atoms with van der Waals surface area (Å²) in [7, 11) is 0. The summed E-state index contributed by atoms with van der Waals surface area (Å²) in [4.78, 5) is 1.29. The summed E-state index contributed by atoms with van der Waals surface area (Å²) in [5.74, 6) is 0. The number of hydrogen-bond donors (Lipinski definition) is 1. The zero-order valence-corrected chi connectivity index (χ0v) is 13.1. The van der Waals surface area contributed by atoms with Crippen molar-refractivity contribution in [3.8, 4) is 0 Å². The number of ether oxygens (including phenoxy) is 1. The van der Waals surface area contributed by atoms with E-state index in [1.165, 1.54) is 16.9 Å². The van der Waals surface area contributed by atoms with Gasteiger partial charge < -0.3 is 10.1 Å². The third kappa shape index (κ3) is 4.02. The highest BCUT2D eigenvalue weighted by molar-refractivity contribution is 7.98. The van der Waals surface area contributed by atoms with Gasteiger partial charge in [0.2, 0.25) is 0 Å². The van der Waals surface area contributed by atoms with Crippen LogP contribution in [0.25, 0.3) is 0 Å². The van der Waals surface area contributed by atoms with Crippen LogP contribution in [0.5, 0.6) is 0 Å². The van der Waals surface area contributed by atoms with Crippen molar-refractivity contribution in [1.29, 1.82) is 0 Å². The van der Waals surface area contributed by atoms with Gasteiger partial charge in [-0.1, -0.05) is 12.1 Å². The Bertz CT molecular complexity index is 561. The molecule has 0 bridgehead atoms. The SMILES string of the molecule is CSc1ccc(CNc2cnn(CC3CCCO3)c2)cc1. The average Bonchev–Trinajstić information content (AvgIpc) is 3.18. The third-order valence-corrected chi connectivity index (χ3v) is 4.45. The predicted octanol–water partition coefficient (Wildman–Crippen LogP) is 3.40. The molecule has 1 saturated heterocycles. The maximum atomic E-state index is 5.63. The highest BCUT2D eigenvalue weighted by Gasteiger charge is 2.16. The zero-order chi connectivity index (χ0) is 14.5. The lowest BCUT2D eigenvalue weighted by Gasteiger charge is -2.08. The van der Waals surface area contributed by atoms with Crippen LogP contribution in [0.15, 0.2) is 41.6 Å². The van der Waals surface area contributed by atoms with Gasteiger partial charge in [-0.3, -0.25) is 4.68 Å². The van der Waals surface area contributed by atoms with E-state index < -0.39 is 0 Å². The van der Waals surface area contributed by atoms with E-state index in [-0.39, 0.29) is 0 Å². The minimum atomic E-state index is 0.330. The van der Waals surface area contributed by atoms with Crippen molar-refractivity contribution in [2.45, 2.75) is 36.9 Å². The smallest absolute Gasteiger partial charge is 0.0771 e. The van der Waals surface area contributed by atoms with Gasteiger partial charge in [-0.15, -0.1) is 11.8 Å². The van der Waals surface area contributed by atoms with Crippen LogP contribution in [-0.4, -0.2) is 28.7 Å². The van der Waals surface area contributed by atoms with E-state index in [0.717, 1.165) is 31.8 Å². The number of hydrogen-bond acceptors (Lipinski definition) is 4. The van der Waals surface area contributed by atoms with Gasteiger partial charge in [0.1, 0.15) is 0 Å². The second-order valence-electron chi connectivity index (χ2n) is 5.29. The van der Waals surface area contributed by atoms with E-state index in [9.17, 15) is 0 Å². The molecule has 1 aromatic carbocycles. The van der Waals surface area contributed by atoms with E-state index in [4.69, 9.17) is 4.74 Å². The number of nitrogens with one attached hydrogen (secondary N) is 1. The molecule has 2 heterocycles. The first kappa shape index (κ1) is 14.5. The van der Waals surface area contributed by atoms with Gasteiger partial charge in [0.25, 0.3) is 0 Å². The first-order chi connectivity index (χ1) is 10.3. The zero-order valence-electron chi connectivity index (χ0n) is 12.3. The standard InChI is InChI=1S/C16H21N3OS/c1-21-16-6-4-13(5-7-16)9-17-14-10-18-19(11-14)12-15-3-2-8-20-15/h4-7,10-11,15,17H,2-3,8-9,12H2,1H3. The minimum Gasteiger partial charge on any atom is -0.378 e. The van der Waals surface area contributed by atoms with Gasteiger partial charge in [-0.2, -0.15) is 5.10 Å². The lowest BCUT2D eigenvalue weighted by atomic mass is 10.2. The van der Waals surface area contributed by atoms with Crippen molar-refractivity contribution >= 4 is 17.4 Å². The van der Waals surface area contributed by atoms with Crippen LogP contribution in [0, 0.1) is 0 Å². The van der Waals surface area contributed by atoms with Crippen LogP contribution in [0.2, 0.25) is 0 Å². The van der Waals surface area contributed by atoms with Crippen molar-refractivity contribution in [2.24, 2.45) is 0 Å². The molecule has 1 aromatic heterocycles. The summed E-state index contributed by atoms with van der Waals surface area (Å²) in [6.45, 7) is 2.56. The van der Waals surface area contributed by atoms with Crippen LogP contribution in [-0.2, 0) is 17.8 Å². The molecule has 1 fully saturated rings. The van der Waals surface area contributed by atoms with Crippen LogP contribution >= 0.6 is 11.8 Å². The van der Waals surface area contributed by atoms with E-state index in [0.29, 0.717) is 6.10 Å². The van der Waals surface area contributed by atoms with E-state index in [1.54, 1.807) is 11.8 Å². The Hall–Kier alpha value is -1.46. The fraction of sp³-hybridized carbons (Fsp3) is 0.438. The van der Waals surface area contributed by atoms with Crippen LogP contribution < -0.4 is 5.32 Å². The molecular formula is C16H21N3OS. The molecule has 2 aromatic rings. The Morgan fingerprint density at radius 2 is 2.24 bits per heavy atom. The molecule has 5 heteroatoms. The summed E-state index contributed by atoms with van der Waals surface area (Å²) in [6, 6.07) is 8.64. The molecule has 0 radical (unpaired) electrons. The Labute approximate surface area is 129 Å². The maximum absolute atomic E-state index is 5.63. The van der Waals surface area contributed by atoms with Crippen molar-refractivity contribution in [2.75, 3.05) is 18.2 Å². The minimum absolute atomic E-state index is 0.330. The van der Waals surface area contributed by atoms with Gasteiger partial charge in [0.05, 0.1) is 24.5 Å². The molecule has 1 atom stereocenters. The monoisotopic (exact) mass is 303 g/mol. The van der Waals surface area contributed by atoms with Gasteiger partial charge in [0.15, 0.2) is 0 Å². The van der Waals surface area contributed by atoms with Crippen LogP contribution in [0.4, 0.5) is 5.69 Å². The molecule has 21 heavy (non-hydrogen) atoms. The van der Waals surface area contributed by atoms with Crippen molar-refractivity contribution in [1.82, 2.24) is 9.78 Å². The molecule has 4 nitrogen and oxygen atoms in total. The fourth-order valence-corrected chi connectivity index (χ4v) is 2.91. The van der Waals surface area contributed by atoms with Gasteiger partial charge in [-0.05, 0) is 36.8 Å².